The molecule has 1 heterocycles. The van der Waals surface area contributed by atoms with Gasteiger partial charge in [-0.25, -0.2) is 8.42 Å². The molecule has 0 aliphatic heterocycles. The van der Waals surface area contributed by atoms with Crippen molar-refractivity contribution in [2.45, 2.75) is 4.90 Å². The molecule has 0 saturated heterocycles. The van der Waals surface area contributed by atoms with E-state index in [1.54, 1.807) is 18.4 Å². The lowest BCUT2D eigenvalue weighted by Crippen LogP contribution is -1.90. The second kappa shape index (κ2) is 12.2. The van der Waals surface area contributed by atoms with Gasteiger partial charge in [-0.05, 0) is 70.4 Å². The Morgan fingerprint density at radius 3 is 2.21 bits per heavy atom. The maximum atomic E-state index is 10.7. The first-order valence-electron chi connectivity index (χ1n) is 7.46. The van der Waals surface area contributed by atoms with Gasteiger partial charge in [0.15, 0.2) is 0 Å². The van der Waals surface area contributed by atoms with E-state index in [0.717, 1.165) is 19.9 Å². The number of ether oxygens (including phenoxy) is 1. The quantitative estimate of drug-likeness (QED) is 0.182. The number of anilines is 1. The van der Waals surface area contributed by atoms with Crippen LogP contribution in [0.4, 0.5) is 5.69 Å². The molecule has 0 aliphatic rings. The molecular weight excluding hydrogens is 552 g/mol. The minimum atomic E-state index is -3.61. The lowest BCUT2D eigenvalue weighted by atomic mass is 10.3. The van der Waals surface area contributed by atoms with Crippen LogP contribution in [0.5, 0.6) is 5.75 Å². The van der Waals surface area contributed by atoms with Gasteiger partial charge in [0.25, 0.3) is 9.05 Å². The van der Waals surface area contributed by atoms with Gasteiger partial charge in [0, 0.05) is 31.0 Å². The third kappa shape index (κ3) is 9.17. The van der Waals surface area contributed by atoms with Crippen molar-refractivity contribution >= 4 is 70.9 Å². The molecule has 148 valence electrons. The summed E-state index contributed by atoms with van der Waals surface area (Å²) in [5.41, 5.74) is 6.37. The number of hydrogen-bond donors (Lipinski definition) is 1. The standard InChI is InChI=1S/C7H8INO.C6H4Cl2O2S.C6H4S/c1-10-5-2-3-6(8)7(9)4-5;7-5-1-3-6(4-2-5)11(8,9)10;1-2-6-4-3-5-7-6/h2-4H,9H2,1H3;1-4H;1,3-5H. The van der Waals surface area contributed by atoms with Crippen molar-refractivity contribution in [3.05, 3.63) is 73.4 Å². The first-order valence-corrected chi connectivity index (χ1v) is 12.1. The van der Waals surface area contributed by atoms with Gasteiger partial charge < -0.3 is 10.5 Å². The molecule has 0 amide bonds. The first-order chi connectivity index (χ1) is 13.2. The second-order valence-electron chi connectivity index (χ2n) is 4.90. The number of methoxy groups -OCH3 is 1. The van der Waals surface area contributed by atoms with Crippen LogP contribution in [0.15, 0.2) is 64.9 Å². The summed E-state index contributed by atoms with van der Waals surface area (Å²) < 4.78 is 27.4. The summed E-state index contributed by atoms with van der Waals surface area (Å²) in [6.45, 7) is 0. The fourth-order valence-electron chi connectivity index (χ4n) is 1.61. The Kier molecular flexibility index (Phi) is 10.7. The Balaban J connectivity index is 0.000000215. The smallest absolute Gasteiger partial charge is 0.261 e. The fourth-order valence-corrected chi connectivity index (χ4v) is 3.37. The van der Waals surface area contributed by atoms with Crippen molar-refractivity contribution in [1.29, 1.82) is 0 Å². The molecule has 2 aromatic carbocycles. The summed E-state index contributed by atoms with van der Waals surface area (Å²) in [7, 11) is 3.06. The monoisotopic (exact) mass is 567 g/mol. The van der Waals surface area contributed by atoms with Crippen LogP contribution in [0.3, 0.4) is 0 Å². The van der Waals surface area contributed by atoms with Crippen molar-refractivity contribution in [3.8, 4) is 18.1 Å². The highest BCUT2D eigenvalue weighted by molar-refractivity contribution is 14.1. The Labute approximate surface area is 192 Å². The maximum absolute atomic E-state index is 10.7. The SMILES string of the molecule is C#Cc1cccs1.COc1ccc(I)c(N)c1.O=S(=O)(Cl)c1ccc(Cl)cc1. The van der Waals surface area contributed by atoms with E-state index >= 15 is 0 Å². The van der Waals surface area contributed by atoms with Crippen LogP contribution in [0.1, 0.15) is 4.88 Å². The number of nitrogen functional groups attached to an aromatic ring is 1. The predicted molar refractivity (Wildman–Crippen MR) is 127 cm³/mol. The van der Waals surface area contributed by atoms with Gasteiger partial charge in [0.05, 0.1) is 16.9 Å². The van der Waals surface area contributed by atoms with Crippen LogP contribution in [0, 0.1) is 15.9 Å². The van der Waals surface area contributed by atoms with E-state index < -0.39 is 9.05 Å². The molecule has 0 unspecified atom stereocenters. The first kappa shape index (κ1) is 24.6. The third-order valence-corrected chi connectivity index (χ3v) is 6.37. The average Bonchev–Trinajstić information content (AvgIpc) is 3.18. The zero-order chi connectivity index (χ0) is 21.2. The zero-order valence-corrected chi connectivity index (χ0v) is 19.9. The van der Waals surface area contributed by atoms with Crippen molar-refractivity contribution in [2.24, 2.45) is 0 Å². The molecule has 0 aliphatic carbocycles. The fraction of sp³-hybridized carbons (Fsp3) is 0.0526. The van der Waals surface area contributed by atoms with Crippen molar-refractivity contribution in [3.63, 3.8) is 0 Å². The number of benzene rings is 2. The van der Waals surface area contributed by atoms with E-state index in [2.05, 4.69) is 28.5 Å². The van der Waals surface area contributed by atoms with Crippen molar-refractivity contribution < 1.29 is 13.2 Å². The van der Waals surface area contributed by atoms with Crippen LogP contribution < -0.4 is 10.5 Å². The molecule has 0 radical (unpaired) electrons. The van der Waals surface area contributed by atoms with E-state index in [9.17, 15) is 8.42 Å². The van der Waals surface area contributed by atoms with Crippen LogP contribution in [-0.4, -0.2) is 15.5 Å². The molecule has 28 heavy (non-hydrogen) atoms. The molecule has 2 N–H and O–H groups in total. The van der Waals surface area contributed by atoms with Crippen LogP contribution in [-0.2, 0) is 9.05 Å². The largest absolute Gasteiger partial charge is 0.497 e. The molecule has 0 bridgehead atoms. The Morgan fingerprint density at radius 2 is 1.82 bits per heavy atom. The summed E-state index contributed by atoms with van der Waals surface area (Å²) in [4.78, 5) is 1.06. The highest BCUT2D eigenvalue weighted by Crippen LogP contribution is 2.20. The molecule has 0 atom stereocenters. The molecule has 3 aromatic rings. The molecule has 3 rings (SSSR count). The van der Waals surface area contributed by atoms with Gasteiger partial charge in [0.1, 0.15) is 5.75 Å². The minimum absolute atomic E-state index is 0.0589. The van der Waals surface area contributed by atoms with Crippen molar-refractivity contribution in [2.75, 3.05) is 12.8 Å². The predicted octanol–water partition coefficient (Wildman–Crippen LogP) is 5.88. The molecular formula is C19H16Cl2INO3S2. The molecule has 0 saturated carbocycles. The number of hydrogen-bond acceptors (Lipinski definition) is 5. The van der Waals surface area contributed by atoms with E-state index in [4.69, 9.17) is 39.2 Å². The lowest BCUT2D eigenvalue weighted by molar-refractivity contribution is 0.415. The summed E-state index contributed by atoms with van der Waals surface area (Å²) in [5, 5.41) is 2.45. The Bertz CT molecular complexity index is 1020. The topological polar surface area (TPSA) is 69.4 Å². The van der Waals surface area contributed by atoms with Gasteiger partial charge in [0.2, 0.25) is 0 Å². The highest BCUT2D eigenvalue weighted by Gasteiger charge is 2.07. The van der Waals surface area contributed by atoms with Gasteiger partial charge in [-0.2, -0.15) is 0 Å². The van der Waals surface area contributed by atoms with Crippen LogP contribution >= 0.6 is 56.2 Å². The van der Waals surface area contributed by atoms with Gasteiger partial charge in [-0.15, -0.1) is 17.8 Å². The number of rotatable bonds is 2. The number of nitrogens with two attached hydrogens (primary N) is 1. The van der Waals surface area contributed by atoms with Gasteiger partial charge >= 0.3 is 0 Å². The molecule has 1 aromatic heterocycles. The zero-order valence-electron chi connectivity index (χ0n) is 14.6. The maximum Gasteiger partial charge on any atom is 0.261 e. The Morgan fingerprint density at radius 1 is 1.18 bits per heavy atom. The van der Waals surface area contributed by atoms with Gasteiger partial charge in [-0.1, -0.05) is 23.6 Å². The lowest BCUT2D eigenvalue weighted by Gasteiger charge is -2.01. The van der Waals surface area contributed by atoms with Crippen molar-refractivity contribution in [1.82, 2.24) is 0 Å². The average molecular weight is 568 g/mol. The second-order valence-corrected chi connectivity index (χ2v) is 10.0. The minimum Gasteiger partial charge on any atom is -0.497 e. The summed E-state index contributed by atoms with van der Waals surface area (Å²) in [6.07, 6.45) is 5.05. The number of terminal acetylenes is 1. The summed E-state index contributed by atoms with van der Waals surface area (Å²) in [6, 6.07) is 15.1. The number of halogens is 3. The molecule has 4 nitrogen and oxygen atoms in total. The van der Waals surface area contributed by atoms with Crippen LogP contribution in [0.2, 0.25) is 5.02 Å². The van der Waals surface area contributed by atoms with E-state index in [0.29, 0.717) is 5.02 Å². The van der Waals surface area contributed by atoms with E-state index in [1.165, 1.54) is 24.3 Å². The van der Waals surface area contributed by atoms with Crippen LogP contribution in [0.25, 0.3) is 0 Å². The molecule has 0 fully saturated rings. The molecule has 9 heteroatoms. The van der Waals surface area contributed by atoms with Gasteiger partial charge in [-0.3, -0.25) is 0 Å². The highest BCUT2D eigenvalue weighted by atomic mass is 127. The van der Waals surface area contributed by atoms with E-state index in [-0.39, 0.29) is 4.90 Å². The normalized spacial score (nSPS) is 9.82. The third-order valence-electron chi connectivity index (χ3n) is 2.96. The van der Waals surface area contributed by atoms with E-state index in [1.807, 2.05) is 35.7 Å². The summed E-state index contributed by atoms with van der Waals surface area (Å²) in [5.74, 6) is 3.33. The Hall–Kier alpha value is -1.44. The number of thiophene rings is 1. The molecule has 0 spiro atoms. The summed E-state index contributed by atoms with van der Waals surface area (Å²) >= 11 is 9.29.